The quantitative estimate of drug-likeness (QED) is 0.0846. The average molecular weight is 879 g/mol. The Labute approximate surface area is 312 Å². The van der Waals surface area contributed by atoms with Crippen LogP contribution in [0.3, 0.4) is 0 Å². The molecule has 50 heavy (non-hydrogen) atoms. The van der Waals surface area contributed by atoms with Crippen molar-refractivity contribution < 1.29 is 47.7 Å². The molecule has 0 unspecified atom stereocenters. The number of hydrogen-bond donors (Lipinski definition) is 1. The molecule has 5 aromatic rings. The zero-order chi connectivity index (χ0) is 36.1. The standard InChI is InChI=1S/C35H38NS.C7H9F3O2.Ir/c1-22-25-10-8-9-11-26(25)30(34(2,3)4)21-29(22)32-33-28(16-19-36(32)7)27-13-12-24(20-31(27)37-33)23-14-17-35(5,6)18-15-23;1-4(2)5(11)3-6(12)7(8,9)10;/h8-13,16,19-21,23H,1,7,14-15,17-18H2,2-6H3;3-4,11H,1-2H3;/q-1;;/b;5-3-;. The molecule has 6 rings (SSSR count). The number of alkyl halides is 3. The number of aromatic nitrogens is 1. The SMILES string of the molecule is CC(C)/C(O)=C/C(=O)C(F)(F)F.[CH2-]c1c(-c2c3sc4cc(C5CCC(C)(C)CC5)ccc4c3cc[n+]2[CH2-])cc(C(C)(C)C)c2ccccc12.[Ir]. The van der Waals surface area contributed by atoms with Gasteiger partial charge < -0.3 is 9.67 Å². The third-order valence-corrected chi connectivity index (χ3v) is 11.0. The predicted molar refractivity (Wildman–Crippen MR) is 198 cm³/mol. The number of carbonyl (C=O) groups is 1. The van der Waals surface area contributed by atoms with Crippen LogP contribution in [0.2, 0.25) is 0 Å². The van der Waals surface area contributed by atoms with E-state index in [0.29, 0.717) is 11.3 Å². The van der Waals surface area contributed by atoms with Crippen molar-refractivity contribution in [1.29, 1.82) is 0 Å². The number of thiophene rings is 1. The normalized spacial score (nSPS) is 15.6. The van der Waals surface area contributed by atoms with E-state index in [1.807, 2.05) is 15.9 Å². The summed E-state index contributed by atoms with van der Waals surface area (Å²) in [6, 6.07) is 20.6. The summed E-state index contributed by atoms with van der Waals surface area (Å²) in [7, 11) is 4.43. The molecule has 1 N–H and O–H groups in total. The van der Waals surface area contributed by atoms with Crippen LogP contribution in [0.15, 0.2) is 72.6 Å². The Morgan fingerprint density at radius 3 is 2.18 bits per heavy atom. The van der Waals surface area contributed by atoms with Crippen molar-refractivity contribution in [3.05, 3.63) is 103 Å². The number of hydrogen-bond acceptors (Lipinski definition) is 3. The molecule has 269 valence electrons. The molecule has 3 aromatic carbocycles. The van der Waals surface area contributed by atoms with Crippen LogP contribution in [-0.2, 0) is 30.3 Å². The fourth-order valence-electron chi connectivity index (χ4n) is 6.76. The van der Waals surface area contributed by atoms with Crippen molar-refractivity contribution >= 4 is 48.1 Å². The first kappa shape index (κ1) is 39.5. The van der Waals surface area contributed by atoms with Gasteiger partial charge in [0.1, 0.15) is 0 Å². The van der Waals surface area contributed by atoms with Gasteiger partial charge in [-0.2, -0.15) is 25.7 Å². The number of aliphatic hydroxyl groups is 1. The van der Waals surface area contributed by atoms with Gasteiger partial charge in [-0.25, -0.2) is 0 Å². The number of aliphatic hydroxyl groups excluding tert-OH is 1. The van der Waals surface area contributed by atoms with Crippen molar-refractivity contribution in [1.82, 2.24) is 0 Å². The van der Waals surface area contributed by atoms with Gasteiger partial charge in [0, 0.05) is 48.5 Å². The molecule has 1 radical (unpaired) electrons. The first-order valence-electron chi connectivity index (χ1n) is 16.9. The summed E-state index contributed by atoms with van der Waals surface area (Å²) >= 11 is 1.91. The molecule has 1 saturated carbocycles. The molecule has 0 bridgehead atoms. The third kappa shape index (κ3) is 8.25. The summed E-state index contributed by atoms with van der Waals surface area (Å²) in [6.07, 6.45) is 2.65. The van der Waals surface area contributed by atoms with E-state index in [-0.39, 0.29) is 31.6 Å². The Kier molecular flexibility index (Phi) is 11.6. The molecule has 0 atom stereocenters. The molecule has 0 saturated heterocycles. The van der Waals surface area contributed by atoms with Crippen molar-refractivity contribution in [2.45, 2.75) is 91.7 Å². The maximum Gasteiger partial charge on any atom is 0.454 e. The largest absolute Gasteiger partial charge is 0.512 e. The summed E-state index contributed by atoms with van der Waals surface area (Å²) in [4.78, 5) is 10.2. The van der Waals surface area contributed by atoms with Gasteiger partial charge in [-0.1, -0.05) is 89.7 Å². The van der Waals surface area contributed by atoms with Gasteiger partial charge in [0.15, 0.2) is 0 Å². The Morgan fingerprint density at radius 2 is 1.60 bits per heavy atom. The fourth-order valence-corrected chi connectivity index (χ4v) is 8.07. The second-order valence-corrected chi connectivity index (χ2v) is 16.6. The molecule has 0 amide bonds. The summed E-state index contributed by atoms with van der Waals surface area (Å²) in [5, 5.41) is 14.0. The number of ketones is 1. The third-order valence-electron chi connectivity index (χ3n) is 9.86. The van der Waals surface area contributed by atoms with E-state index in [9.17, 15) is 18.0 Å². The first-order valence-corrected chi connectivity index (χ1v) is 17.7. The number of carbonyl (C=O) groups excluding carboxylic acids is 1. The molecule has 2 aromatic heterocycles. The number of nitrogens with zero attached hydrogens (tertiary/aromatic N) is 1. The molecule has 3 nitrogen and oxygen atoms in total. The number of halogens is 3. The van der Waals surface area contributed by atoms with E-state index in [1.54, 1.807) is 0 Å². The summed E-state index contributed by atoms with van der Waals surface area (Å²) in [5.41, 5.74) is 6.81. The molecule has 0 aliphatic heterocycles. The molecule has 2 heterocycles. The number of rotatable bonds is 4. The van der Waals surface area contributed by atoms with Crippen LogP contribution < -0.4 is 4.57 Å². The van der Waals surface area contributed by atoms with E-state index in [1.165, 1.54) is 92.9 Å². The van der Waals surface area contributed by atoms with Crippen LogP contribution in [0.5, 0.6) is 0 Å². The van der Waals surface area contributed by atoms with Gasteiger partial charge in [0.2, 0.25) is 0 Å². The minimum Gasteiger partial charge on any atom is -0.512 e. The van der Waals surface area contributed by atoms with Gasteiger partial charge in [0.25, 0.3) is 5.78 Å². The summed E-state index contributed by atoms with van der Waals surface area (Å²) in [6.45, 7) is 19.3. The van der Waals surface area contributed by atoms with Crippen molar-refractivity contribution in [3.63, 3.8) is 0 Å². The van der Waals surface area contributed by atoms with E-state index in [2.05, 4.69) is 109 Å². The molecule has 0 spiro atoms. The Hall–Kier alpha value is -3.32. The maximum atomic E-state index is 11.6. The molecular weight excluding hydrogens is 832 g/mol. The second kappa shape index (κ2) is 14.7. The maximum absolute atomic E-state index is 11.6. The first-order chi connectivity index (χ1) is 22.8. The van der Waals surface area contributed by atoms with Gasteiger partial charge in [0.05, 0.1) is 17.6 Å². The Morgan fingerprint density at radius 1 is 0.980 bits per heavy atom. The van der Waals surface area contributed by atoms with E-state index in [4.69, 9.17) is 5.11 Å². The van der Waals surface area contributed by atoms with Crippen LogP contribution >= 0.6 is 11.3 Å². The van der Waals surface area contributed by atoms with Crippen molar-refractivity contribution in [2.24, 2.45) is 11.3 Å². The Bertz CT molecular complexity index is 2060. The van der Waals surface area contributed by atoms with Crippen LogP contribution in [0.1, 0.15) is 96.8 Å². The van der Waals surface area contributed by atoms with E-state index in [0.717, 1.165) is 5.56 Å². The van der Waals surface area contributed by atoms with Gasteiger partial charge in [-0.3, -0.25) is 4.79 Å². The average Bonchev–Trinajstić information content (AvgIpc) is 3.38. The minimum atomic E-state index is -4.90. The Balaban J connectivity index is 0.000000373. The van der Waals surface area contributed by atoms with Gasteiger partial charge in [-0.15, -0.1) is 34.4 Å². The predicted octanol–water partition coefficient (Wildman–Crippen LogP) is 12.2. The molecular formula is C42H47F3IrNO2S-. The van der Waals surface area contributed by atoms with E-state index < -0.39 is 23.6 Å². The van der Waals surface area contributed by atoms with Crippen LogP contribution in [0.25, 0.3) is 42.2 Å². The summed E-state index contributed by atoms with van der Waals surface area (Å²) < 4.78 is 39.4. The number of pyridine rings is 1. The topological polar surface area (TPSA) is 41.2 Å². The smallest absolute Gasteiger partial charge is 0.454 e. The number of allylic oxidation sites excluding steroid dienone is 2. The van der Waals surface area contributed by atoms with Crippen LogP contribution in [0, 0.1) is 25.3 Å². The molecule has 1 aliphatic carbocycles. The number of benzene rings is 3. The number of fused-ring (bicyclic) bond motifs is 4. The van der Waals surface area contributed by atoms with Crippen LogP contribution in [-0.4, -0.2) is 17.1 Å². The van der Waals surface area contributed by atoms with Crippen LogP contribution in [0.4, 0.5) is 13.2 Å². The summed E-state index contributed by atoms with van der Waals surface area (Å²) in [5.74, 6) is -2.39. The van der Waals surface area contributed by atoms with Gasteiger partial charge in [-0.05, 0) is 70.9 Å². The fraction of sp³-hybridized carbons (Fsp3) is 0.381. The molecule has 1 aliphatic rings. The second-order valence-electron chi connectivity index (χ2n) is 15.5. The zero-order valence-electron chi connectivity index (χ0n) is 29.9. The minimum absolute atomic E-state index is 0. The molecule has 1 fully saturated rings. The van der Waals surface area contributed by atoms with Crippen molar-refractivity contribution in [3.8, 4) is 11.3 Å². The molecule has 8 heteroatoms. The van der Waals surface area contributed by atoms with E-state index >= 15 is 0 Å². The van der Waals surface area contributed by atoms with Gasteiger partial charge >= 0.3 is 6.18 Å². The monoisotopic (exact) mass is 879 g/mol. The van der Waals surface area contributed by atoms with Crippen molar-refractivity contribution in [2.75, 3.05) is 0 Å². The zero-order valence-corrected chi connectivity index (χ0v) is 33.1.